The van der Waals surface area contributed by atoms with Gasteiger partial charge < -0.3 is 19.3 Å². The number of hydrogen-bond acceptors (Lipinski definition) is 6. The Balaban J connectivity index is 1.42. The molecule has 0 spiro atoms. The minimum atomic E-state index is -0.430. The SMILES string of the molecule is CC1=C(c2nc(-c3ccc4c(c3)OCO4)no2)C(c2ccccc2)NC(=O)N1Cc1ccccc1. The Hall–Kier alpha value is -4.59. The highest BCUT2D eigenvalue weighted by Crippen LogP contribution is 2.39. The smallest absolute Gasteiger partial charge is 0.322 e. The maximum atomic E-state index is 13.2. The molecule has 35 heavy (non-hydrogen) atoms. The summed E-state index contributed by atoms with van der Waals surface area (Å²) in [6, 6.07) is 24.5. The molecule has 1 atom stereocenters. The van der Waals surface area contributed by atoms with E-state index in [-0.39, 0.29) is 12.8 Å². The van der Waals surface area contributed by atoms with Crippen LogP contribution in [0.3, 0.4) is 0 Å². The maximum absolute atomic E-state index is 13.2. The topological polar surface area (TPSA) is 89.7 Å². The van der Waals surface area contributed by atoms with E-state index in [4.69, 9.17) is 19.0 Å². The van der Waals surface area contributed by atoms with Crippen LogP contribution < -0.4 is 14.8 Å². The molecule has 8 nitrogen and oxygen atoms in total. The molecule has 0 radical (unpaired) electrons. The van der Waals surface area contributed by atoms with Crippen molar-refractivity contribution in [2.24, 2.45) is 0 Å². The van der Waals surface area contributed by atoms with Crippen molar-refractivity contribution in [2.45, 2.75) is 19.5 Å². The number of carbonyl (C=O) groups excluding carboxylic acids is 1. The molecule has 1 unspecified atom stereocenters. The van der Waals surface area contributed by atoms with Crippen molar-refractivity contribution in [1.29, 1.82) is 0 Å². The predicted octanol–water partition coefficient (Wildman–Crippen LogP) is 5.16. The number of hydrogen-bond donors (Lipinski definition) is 1. The van der Waals surface area contributed by atoms with Crippen LogP contribution in [0.5, 0.6) is 11.5 Å². The van der Waals surface area contributed by atoms with Gasteiger partial charge in [-0.15, -0.1) is 0 Å². The summed E-state index contributed by atoms with van der Waals surface area (Å²) in [5, 5.41) is 7.36. The maximum Gasteiger partial charge on any atom is 0.322 e. The summed E-state index contributed by atoms with van der Waals surface area (Å²) in [6.45, 7) is 2.53. The summed E-state index contributed by atoms with van der Waals surface area (Å²) in [6.07, 6.45) is 0. The van der Waals surface area contributed by atoms with Crippen molar-refractivity contribution < 1.29 is 18.8 Å². The second-order valence-electron chi connectivity index (χ2n) is 8.36. The Bertz CT molecular complexity index is 1420. The fraction of sp³-hybridized carbons (Fsp3) is 0.148. The number of benzene rings is 3. The molecule has 4 aromatic rings. The predicted molar refractivity (Wildman–Crippen MR) is 128 cm³/mol. The fourth-order valence-electron chi connectivity index (χ4n) is 4.40. The van der Waals surface area contributed by atoms with Crippen molar-refractivity contribution in [1.82, 2.24) is 20.4 Å². The lowest BCUT2D eigenvalue weighted by Crippen LogP contribution is -2.45. The molecule has 3 aromatic carbocycles. The summed E-state index contributed by atoms with van der Waals surface area (Å²) < 4.78 is 16.6. The number of rotatable bonds is 5. The highest BCUT2D eigenvalue weighted by Gasteiger charge is 2.35. The average molecular weight is 466 g/mol. The second-order valence-corrected chi connectivity index (χ2v) is 8.36. The fourth-order valence-corrected chi connectivity index (χ4v) is 4.40. The summed E-state index contributed by atoms with van der Waals surface area (Å²) in [5.74, 6) is 2.11. The Morgan fingerprint density at radius 3 is 2.51 bits per heavy atom. The minimum Gasteiger partial charge on any atom is -0.454 e. The van der Waals surface area contributed by atoms with E-state index in [0.29, 0.717) is 29.8 Å². The molecule has 1 aromatic heterocycles. The minimum absolute atomic E-state index is 0.181. The average Bonchev–Trinajstić information content (AvgIpc) is 3.57. The van der Waals surface area contributed by atoms with Crippen molar-refractivity contribution >= 4 is 11.6 Å². The molecule has 2 aliphatic rings. The Kier molecular flexibility index (Phi) is 5.18. The van der Waals surface area contributed by atoms with Gasteiger partial charge in [-0.25, -0.2) is 4.79 Å². The van der Waals surface area contributed by atoms with Gasteiger partial charge in [-0.05, 0) is 36.2 Å². The monoisotopic (exact) mass is 466 g/mol. The van der Waals surface area contributed by atoms with Crippen LogP contribution in [0, 0.1) is 0 Å². The van der Waals surface area contributed by atoms with Gasteiger partial charge in [0.25, 0.3) is 5.89 Å². The first-order chi connectivity index (χ1) is 17.2. The van der Waals surface area contributed by atoms with Crippen molar-refractivity contribution in [3.63, 3.8) is 0 Å². The first-order valence-corrected chi connectivity index (χ1v) is 11.3. The van der Waals surface area contributed by atoms with Crippen LogP contribution in [0.25, 0.3) is 17.0 Å². The van der Waals surface area contributed by atoms with Crippen LogP contribution in [0.1, 0.15) is 30.0 Å². The lowest BCUT2D eigenvalue weighted by atomic mass is 9.94. The molecule has 1 N–H and O–H groups in total. The third-order valence-electron chi connectivity index (χ3n) is 6.20. The summed E-state index contributed by atoms with van der Waals surface area (Å²) in [5.41, 5.74) is 4.21. The highest BCUT2D eigenvalue weighted by molar-refractivity contribution is 5.86. The summed E-state index contributed by atoms with van der Waals surface area (Å²) in [4.78, 5) is 19.6. The Labute approximate surface area is 201 Å². The second kappa shape index (κ2) is 8.64. The molecule has 0 aliphatic carbocycles. The quantitative estimate of drug-likeness (QED) is 0.437. The number of urea groups is 1. The van der Waals surface area contributed by atoms with E-state index in [2.05, 4.69) is 10.5 Å². The normalized spacial score (nSPS) is 17.0. The van der Waals surface area contributed by atoms with Crippen molar-refractivity contribution in [3.8, 4) is 22.9 Å². The van der Waals surface area contributed by atoms with Gasteiger partial charge in [0, 0.05) is 11.3 Å². The lowest BCUT2D eigenvalue weighted by Gasteiger charge is -2.35. The molecule has 0 fully saturated rings. The summed E-state index contributed by atoms with van der Waals surface area (Å²) >= 11 is 0. The van der Waals surface area contributed by atoms with Gasteiger partial charge in [0.1, 0.15) is 0 Å². The van der Waals surface area contributed by atoms with Crippen molar-refractivity contribution in [2.75, 3.05) is 6.79 Å². The molecule has 8 heteroatoms. The van der Waals surface area contributed by atoms with E-state index in [1.807, 2.05) is 85.8 Å². The van der Waals surface area contributed by atoms with E-state index in [1.54, 1.807) is 4.90 Å². The molecular formula is C27H22N4O4. The van der Waals surface area contributed by atoms with Crippen molar-refractivity contribution in [3.05, 3.63) is 102 Å². The molecule has 3 heterocycles. The Morgan fingerprint density at radius 2 is 1.71 bits per heavy atom. The largest absolute Gasteiger partial charge is 0.454 e. The summed E-state index contributed by atoms with van der Waals surface area (Å²) in [7, 11) is 0. The number of fused-ring (bicyclic) bond motifs is 1. The molecule has 6 rings (SSSR count). The van der Waals surface area contributed by atoms with Gasteiger partial charge in [0.05, 0.1) is 18.2 Å². The van der Waals surface area contributed by atoms with Gasteiger partial charge >= 0.3 is 6.03 Å². The van der Waals surface area contributed by atoms with Gasteiger partial charge in [-0.1, -0.05) is 65.8 Å². The molecule has 2 aliphatic heterocycles. The zero-order valence-corrected chi connectivity index (χ0v) is 19.0. The third-order valence-corrected chi connectivity index (χ3v) is 6.20. The first kappa shape index (κ1) is 21.0. The zero-order chi connectivity index (χ0) is 23.8. The third kappa shape index (κ3) is 3.89. The van der Waals surface area contributed by atoms with Crippen LogP contribution in [-0.2, 0) is 6.54 Å². The molecule has 2 amide bonds. The zero-order valence-electron chi connectivity index (χ0n) is 19.0. The van der Waals surface area contributed by atoms with Gasteiger partial charge in [-0.3, -0.25) is 4.90 Å². The van der Waals surface area contributed by atoms with Gasteiger partial charge in [-0.2, -0.15) is 4.98 Å². The number of carbonyl (C=O) groups is 1. The number of aromatic nitrogens is 2. The van der Waals surface area contributed by atoms with E-state index in [9.17, 15) is 4.79 Å². The molecular weight excluding hydrogens is 444 g/mol. The number of nitrogens with one attached hydrogen (secondary N) is 1. The van der Waals surface area contributed by atoms with E-state index in [0.717, 1.165) is 28.0 Å². The van der Waals surface area contributed by atoms with E-state index >= 15 is 0 Å². The molecule has 174 valence electrons. The first-order valence-electron chi connectivity index (χ1n) is 11.3. The van der Waals surface area contributed by atoms with Crippen LogP contribution in [0.4, 0.5) is 4.79 Å². The van der Waals surface area contributed by atoms with Gasteiger partial charge in [0.2, 0.25) is 12.6 Å². The number of ether oxygens (including phenoxy) is 2. The molecule has 0 saturated heterocycles. The molecule has 0 bridgehead atoms. The standard InChI is InChI=1S/C27H22N4O4/c1-17-23(26-29-25(30-35-26)20-12-13-21-22(14-20)34-16-33-21)24(19-10-6-3-7-11-19)28-27(32)31(17)15-18-8-4-2-5-9-18/h2-14,24H,15-16H2,1H3,(H,28,32). The molecule has 0 saturated carbocycles. The van der Waals surface area contributed by atoms with Crippen LogP contribution >= 0.6 is 0 Å². The van der Waals surface area contributed by atoms with Crippen LogP contribution in [-0.4, -0.2) is 27.9 Å². The van der Waals surface area contributed by atoms with Crippen LogP contribution in [0.2, 0.25) is 0 Å². The van der Waals surface area contributed by atoms with E-state index in [1.165, 1.54) is 0 Å². The number of allylic oxidation sites excluding steroid dienone is 1. The van der Waals surface area contributed by atoms with Crippen LogP contribution in [0.15, 0.2) is 89.1 Å². The van der Waals surface area contributed by atoms with Gasteiger partial charge in [0.15, 0.2) is 11.5 Å². The number of nitrogens with zero attached hydrogens (tertiary/aromatic N) is 3. The van der Waals surface area contributed by atoms with E-state index < -0.39 is 6.04 Å². The highest BCUT2D eigenvalue weighted by atomic mass is 16.7. The number of amides is 2. The Morgan fingerprint density at radius 1 is 0.971 bits per heavy atom. The lowest BCUT2D eigenvalue weighted by molar-refractivity contribution is 0.174.